The molecule has 0 amide bonds. The summed E-state index contributed by atoms with van der Waals surface area (Å²) in [6, 6.07) is 4.83. The van der Waals surface area contributed by atoms with E-state index in [2.05, 4.69) is 20.3 Å². The molecule has 1 atom stereocenters. The van der Waals surface area contributed by atoms with Gasteiger partial charge in [0.05, 0.1) is 18.0 Å². The number of hydrogen-bond donors (Lipinski definition) is 2. The lowest BCUT2D eigenvalue weighted by atomic mass is 10.2. The normalized spacial score (nSPS) is 17.0. The van der Waals surface area contributed by atoms with E-state index in [-0.39, 0.29) is 17.0 Å². The van der Waals surface area contributed by atoms with Gasteiger partial charge in [-0.1, -0.05) is 17.7 Å². The summed E-state index contributed by atoms with van der Waals surface area (Å²) in [4.78, 5) is 11.9. The van der Waals surface area contributed by atoms with Crippen molar-refractivity contribution in [1.29, 1.82) is 0 Å². The molecule has 7 nitrogen and oxygen atoms in total. The number of anilines is 1. The molecule has 1 aliphatic rings. The lowest BCUT2D eigenvalue weighted by molar-refractivity contribution is -0.0974. The zero-order valence-corrected chi connectivity index (χ0v) is 13.2. The minimum atomic E-state index is -0.838. The lowest BCUT2D eigenvalue weighted by Crippen LogP contribution is -2.24. The number of phenols is 1. The van der Waals surface area contributed by atoms with Crippen molar-refractivity contribution in [2.75, 3.05) is 11.9 Å². The highest BCUT2D eigenvalue weighted by atomic mass is 35.5. The molecular weight excluding hydrogens is 337 g/mol. The fourth-order valence-electron chi connectivity index (χ4n) is 2.51. The van der Waals surface area contributed by atoms with Crippen LogP contribution >= 0.6 is 11.6 Å². The first-order valence-corrected chi connectivity index (χ1v) is 7.72. The van der Waals surface area contributed by atoms with Crippen molar-refractivity contribution in [3.63, 3.8) is 0 Å². The van der Waals surface area contributed by atoms with Crippen LogP contribution in [0.5, 0.6) is 5.75 Å². The van der Waals surface area contributed by atoms with Crippen LogP contribution in [-0.2, 0) is 11.3 Å². The van der Waals surface area contributed by atoms with Gasteiger partial charge in [-0.3, -0.25) is 4.57 Å². The molecule has 9 heteroatoms. The molecule has 0 saturated carbocycles. The molecule has 4 rings (SSSR count). The van der Waals surface area contributed by atoms with Crippen LogP contribution < -0.4 is 5.32 Å². The quantitative estimate of drug-likeness (QED) is 0.704. The van der Waals surface area contributed by atoms with Crippen LogP contribution in [0.3, 0.4) is 0 Å². The fourth-order valence-corrected chi connectivity index (χ4v) is 2.72. The smallest absolute Gasteiger partial charge is 0.312 e. The molecule has 0 bridgehead atoms. The van der Waals surface area contributed by atoms with Gasteiger partial charge in [0, 0.05) is 13.0 Å². The Balaban J connectivity index is 1.63. The summed E-state index contributed by atoms with van der Waals surface area (Å²) in [6.45, 7) is 1.02. The van der Waals surface area contributed by atoms with E-state index in [1.54, 1.807) is 23.0 Å². The van der Waals surface area contributed by atoms with Gasteiger partial charge in [-0.15, -0.1) is 0 Å². The Morgan fingerprint density at radius 1 is 1.42 bits per heavy atom. The number of imidazole rings is 1. The fraction of sp³-hybridized carbons (Fsp3) is 0.267. The Kier molecular flexibility index (Phi) is 3.70. The third-order valence-electron chi connectivity index (χ3n) is 3.85. The zero-order valence-electron chi connectivity index (χ0n) is 12.4. The average molecular weight is 350 g/mol. The van der Waals surface area contributed by atoms with Crippen molar-refractivity contribution in [1.82, 2.24) is 19.5 Å². The van der Waals surface area contributed by atoms with Crippen molar-refractivity contribution < 1.29 is 14.2 Å². The molecule has 3 aromatic rings. The van der Waals surface area contributed by atoms with E-state index in [0.29, 0.717) is 30.1 Å². The summed E-state index contributed by atoms with van der Waals surface area (Å²) >= 11 is 5.88. The van der Waals surface area contributed by atoms with E-state index in [1.807, 2.05) is 0 Å². The highest BCUT2D eigenvalue weighted by Crippen LogP contribution is 2.29. The Morgan fingerprint density at radius 2 is 2.25 bits per heavy atom. The first kappa shape index (κ1) is 15.1. The molecule has 0 radical (unpaired) electrons. The SMILES string of the molecule is Oc1ccc(CNc2nc(F)nc3c2ncn3C2CCO2)cc1Cl. The molecule has 1 aromatic carbocycles. The van der Waals surface area contributed by atoms with E-state index < -0.39 is 6.08 Å². The second-order valence-electron chi connectivity index (χ2n) is 5.42. The molecular formula is C15H13ClFN5O2. The van der Waals surface area contributed by atoms with Crippen molar-refractivity contribution in [3.05, 3.63) is 41.2 Å². The topological polar surface area (TPSA) is 85.1 Å². The third-order valence-corrected chi connectivity index (χ3v) is 4.15. The van der Waals surface area contributed by atoms with Crippen LogP contribution in [0.15, 0.2) is 24.5 Å². The van der Waals surface area contributed by atoms with Gasteiger partial charge in [0.15, 0.2) is 17.0 Å². The predicted molar refractivity (Wildman–Crippen MR) is 85.3 cm³/mol. The summed E-state index contributed by atoms with van der Waals surface area (Å²) < 4.78 is 20.9. The Bertz CT molecular complexity index is 912. The second-order valence-corrected chi connectivity index (χ2v) is 5.83. The third kappa shape index (κ3) is 2.63. The van der Waals surface area contributed by atoms with Crippen molar-refractivity contribution in [3.8, 4) is 5.75 Å². The molecule has 0 spiro atoms. The highest BCUT2D eigenvalue weighted by Gasteiger charge is 2.24. The van der Waals surface area contributed by atoms with Crippen LogP contribution in [0.25, 0.3) is 11.2 Å². The highest BCUT2D eigenvalue weighted by molar-refractivity contribution is 6.32. The largest absolute Gasteiger partial charge is 0.506 e. The molecule has 3 heterocycles. The van der Waals surface area contributed by atoms with Crippen molar-refractivity contribution in [2.24, 2.45) is 0 Å². The van der Waals surface area contributed by atoms with Gasteiger partial charge in [0.1, 0.15) is 12.0 Å². The molecule has 1 unspecified atom stereocenters. The number of benzene rings is 1. The monoisotopic (exact) mass is 349 g/mol. The van der Waals surface area contributed by atoms with E-state index in [1.165, 1.54) is 6.07 Å². The number of nitrogens with one attached hydrogen (secondary N) is 1. The lowest BCUT2D eigenvalue weighted by Gasteiger charge is -2.27. The molecule has 1 fully saturated rings. The number of halogens is 2. The van der Waals surface area contributed by atoms with E-state index in [0.717, 1.165) is 12.0 Å². The van der Waals surface area contributed by atoms with Crippen LogP contribution in [0.4, 0.5) is 10.2 Å². The van der Waals surface area contributed by atoms with Crippen LogP contribution in [0.2, 0.25) is 5.02 Å². The number of hydrogen-bond acceptors (Lipinski definition) is 6. The predicted octanol–water partition coefficient (Wildman–Crippen LogP) is 2.86. The first-order chi connectivity index (χ1) is 11.6. The number of fused-ring (bicyclic) bond motifs is 1. The van der Waals surface area contributed by atoms with Crippen LogP contribution in [0, 0.1) is 6.08 Å². The summed E-state index contributed by atoms with van der Waals surface area (Å²) in [5.41, 5.74) is 1.67. The van der Waals surface area contributed by atoms with Gasteiger partial charge in [0.25, 0.3) is 0 Å². The summed E-state index contributed by atoms with van der Waals surface area (Å²) in [5, 5.41) is 12.7. The Labute approximate surface area is 141 Å². The molecule has 2 N–H and O–H groups in total. The Morgan fingerprint density at radius 3 is 2.96 bits per heavy atom. The van der Waals surface area contributed by atoms with Gasteiger partial charge in [0.2, 0.25) is 0 Å². The minimum absolute atomic E-state index is 0.00938. The van der Waals surface area contributed by atoms with Crippen molar-refractivity contribution in [2.45, 2.75) is 19.2 Å². The summed E-state index contributed by atoms with van der Waals surface area (Å²) in [7, 11) is 0. The molecule has 2 aromatic heterocycles. The Hall–Kier alpha value is -2.45. The van der Waals surface area contributed by atoms with E-state index >= 15 is 0 Å². The maximum Gasteiger partial charge on any atom is 0.312 e. The number of aromatic hydroxyl groups is 1. The molecule has 124 valence electrons. The maximum absolute atomic E-state index is 13.8. The second kappa shape index (κ2) is 5.88. The minimum Gasteiger partial charge on any atom is -0.506 e. The van der Waals surface area contributed by atoms with Gasteiger partial charge >= 0.3 is 6.08 Å². The number of aromatic nitrogens is 4. The summed E-state index contributed by atoms with van der Waals surface area (Å²) in [6.07, 6.45) is 1.42. The molecule has 24 heavy (non-hydrogen) atoms. The molecule has 1 aliphatic heterocycles. The summed E-state index contributed by atoms with van der Waals surface area (Å²) in [5.74, 6) is 0.301. The van der Waals surface area contributed by atoms with Crippen LogP contribution in [-0.4, -0.2) is 31.2 Å². The van der Waals surface area contributed by atoms with Gasteiger partial charge in [-0.2, -0.15) is 14.4 Å². The van der Waals surface area contributed by atoms with E-state index in [9.17, 15) is 9.50 Å². The standard InChI is InChI=1S/C15H13ClFN5O2/c16-9-5-8(1-2-10(9)23)6-18-13-12-14(21-15(17)20-13)22(7-19-12)11-3-4-24-11/h1-2,5,7,11,23H,3-4,6H2,(H,18,20,21). The number of ether oxygens (including phenoxy) is 1. The first-order valence-electron chi connectivity index (χ1n) is 7.35. The van der Waals surface area contributed by atoms with Crippen molar-refractivity contribution >= 4 is 28.6 Å². The average Bonchev–Trinajstić information content (AvgIpc) is 2.90. The number of phenolic OH excluding ortho intramolecular Hbond substituents is 1. The molecule has 0 aliphatic carbocycles. The van der Waals surface area contributed by atoms with Gasteiger partial charge in [-0.25, -0.2) is 4.98 Å². The van der Waals surface area contributed by atoms with Crippen LogP contribution in [0.1, 0.15) is 18.2 Å². The number of rotatable bonds is 4. The van der Waals surface area contributed by atoms with E-state index in [4.69, 9.17) is 16.3 Å². The van der Waals surface area contributed by atoms with Gasteiger partial charge < -0.3 is 15.2 Å². The molecule has 1 saturated heterocycles. The zero-order chi connectivity index (χ0) is 16.7. The maximum atomic E-state index is 13.8. The van der Waals surface area contributed by atoms with Gasteiger partial charge in [-0.05, 0) is 17.7 Å². The number of nitrogens with zero attached hydrogens (tertiary/aromatic N) is 4.